The van der Waals surface area contributed by atoms with Crippen LogP contribution in [0.3, 0.4) is 0 Å². The van der Waals surface area contributed by atoms with Crippen molar-refractivity contribution in [1.82, 2.24) is 9.38 Å². The van der Waals surface area contributed by atoms with Crippen molar-refractivity contribution < 1.29 is 4.79 Å². The molecule has 120 valence electrons. The predicted molar refractivity (Wildman–Crippen MR) is 94.0 cm³/mol. The Morgan fingerprint density at radius 1 is 1.21 bits per heavy atom. The summed E-state index contributed by atoms with van der Waals surface area (Å²) < 4.78 is 2.04. The molecule has 1 atom stereocenters. The number of imidazole rings is 1. The van der Waals surface area contributed by atoms with Gasteiger partial charge in [0.1, 0.15) is 5.65 Å². The summed E-state index contributed by atoms with van der Waals surface area (Å²) in [6.45, 7) is 2.14. The maximum absolute atomic E-state index is 12.6. The monoisotopic (exact) mass is 317 g/mol. The van der Waals surface area contributed by atoms with Gasteiger partial charge in [-0.25, -0.2) is 4.98 Å². The van der Waals surface area contributed by atoms with E-state index >= 15 is 0 Å². The molecule has 0 saturated heterocycles. The van der Waals surface area contributed by atoms with Crippen LogP contribution >= 0.6 is 0 Å². The third-order valence-electron chi connectivity index (χ3n) is 5.12. The molecule has 0 N–H and O–H groups in total. The summed E-state index contributed by atoms with van der Waals surface area (Å²) in [5.41, 5.74) is 5.39. The quantitative estimate of drug-likeness (QED) is 0.723. The molecule has 0 bridgehead atoms. The molecule has 24 heavy (non-hydrogen) atoms. The lowest BCUT2D eigenvalue weighted by molar-refractivity contribution is -0.120. The van der Waals surface area contributed by atoms with Crippen LogP contribution in [-0.2, 0) is 11.2 Å². The van der Waals surface area contributed by atoms with Gasteiger partial charge >= 0.3 is 0 Å². The van der Waals surface area contributed by atoms with Crippen LogP contribution in [0.4, 0.5) is 5.69 Å². The molecule has 0 spiro atoms. The van der Waals surface area contributed by atoms with Crippen LogP contribution in [0.25, 0.3) is 16.9 Å². The lowest BCUT2D eigenvalue weighted by atomic mass is 10.1. The molecule has 1 fully saturated rings. The summed E-state index contributed by atoms with van der Waals surface area (Å²) in [6, 6.07) is 12.7. The summed E-state index contributed by atoms with van der Waals surface area (Å²) in [4.78, 5) is 19.3. The van der Waals surface area contributed by atoms with Crippen molar-refractivity contribution >= 4 is 17.2 Å². The first kappa shape index (κ1) is 13.8. The van der Waals surface area contributed by atoms with Crippen LogP contribution in [-0.4, -0.2) is 21.3 Å². The lowest BCUT2D eigenvalue weighted by Gasteiger charge is -2.22. The van der Waals surface area contributed by atoms with Crippen molar-refractivity contribution in [3.63, 3.8) is 0 Å². The van der Waals surface area contributed by atoms with Crippen molar-refractivity contribution in [3.8, 4) is 11.3 Å². The minimum Gasteiger partial charge on any atom is -0.309 e. The normalized spacial score (nSPS) is 19.7. The van der Waals surface area contributed by atoms with Gasteiger partial charge in [-0.15, -0.1) is 0 Å². The number of pyridine rings is 1. The lowest BCUT2D eigenvalue weighted by Crippen LogP contribution is -2.36. The van der Waals surface area contributed by atoms with Crippen LogP contribution in [0.1, 0.15) is 25.3 Å². The predicted octanol–water partition coefficient (Wildman–Crippen LogP) is 3.69. The SMILES string of the molecule is C[C@H]1Cc2cc(-c3cn4ccccc4n3)ccc2N1C(=O)C1CC1. The Kier molecular flexibility index (Phi) is 2.84. The molecule has 0 radical (unpaired) electrons. The summed E-state index contributed by atoms with van der Waals surface area (Å²) in [7, 11) is 0. The highest BCUT2D eigenvalue weighted by Crippen LogP contribution is 2.40. The van der Waals surface area contributed by atoms with E-state index < -0.39 is 0 Å². The molecule has 1 amide bonds. The van der Waals surface area contributed by atoms with Crippen molar-refractivity contribution in [1.29, 1.82) is 0 Å². The second kappa shape index (κ2) is 4.94. The van der Waals surface area contributed by atoms with Crippen LogP contribution in [0.2, 0.25) is 0 Å². The fraction of sp³-hybridized carbons (Fsp3) is 0.300. The Labute approximate surface area is 140 Å². The Hall–Kier alpha value is -2.62. The second-order valence-electron chi connectivity index (χ2n) is 6.97. The Bertz CT molecular complexity index is 921. The zero-order valence-electron chi connectivity index (χ0n) is 13.6. The zero-order chi connectivity index (χ0) is 16.3. The molecule has 1 aliphatic carbocycles. The number of aromatic nitrogens is 2. The number of fused-ring (bicyclic) bond motifs is 2. The third kappa shape index (κ3) is 2.06. The number of carbonyl (C=O) groups excluding carboxylic acids is 1. The van der Waals surface area contributed by atoms with Crippen LogP contribution in [0.5, 0.6) is 0 Å². The molecule has 2 aromatic heterocycles. The molecule has 2 aliphatic rings. The molecule has 3 aromatic rings. The van der Waals surface area contributed by atoms with Crippen LogP contribution in [0, 0.1) is 5.92 Å². The van der Waals surface area contributed by atoms with Gasteiger partial charge in [-0.2, -0.15) is 0 Å². The van der Waals surface area contributed by atoms with Gasteiger partial charge in [0.2, 0.25) is 5.91 Å². The third-order valence-corrected chi connectivity index (χ3v) is 5.12. The number of rotatable bonds is 2. The molecule has 5 rings (SSSR count). The summed E-state index contributed by atoms with van der Waals surface area (Å²) in [5.74, 6) is 0.568. The first-order valence-corrected chi connectivity index (χ1v) is 8.61. The van der Waals surface area contributed by atoms with Gasteiger partial charge in [0.05, 0.1) is 5.69 Å². The highest BCUT2D eigenvalue weighted by Gasteiger charge is 2.39. The van der Waals surface area contributed by atoms with E-state index in [1.807, 2.05) is 33.7 Å². The Morgan fingerprint density at radius 3 is 2.88 bits per heavy atom. The van der Waals surface area contributed by atoms with Gasteiger partial charge in [-0.1, -0.05) is 12.1 Å². The van der Waals surface area contributed by atoms with Gasteiger partial charge in [-0.05, 0) is 56.0 Å². The Morgan fingerprint density at radius 2 is 2.08 bits per heavy atom. The van der Waals surface area contributed by atoms with E-state index in [-0.39, 0.29) is 12.0 Å². The number of anilines is 1. The number of hydrogen-bond acceptors (Lipinski definition) is 2. The van der Waals surface area contributed by atoms with Crippen molar-refractivity contribution in [2.75, 3.05) is 4.90 Å². The molecule has 1 saturated carbocycles. The van der Waals surface area contributed by atoms with Crippen LogP contribution in [0.15, 0.2) is 48.8 Å². The molecule has 1 aromatic carbocycles. The van der Waals surface area contributed by atoms with E-state index in [0.717, 1.165) is 41.9 Å². The first-order chi connectivity index (χ1) is 11.7. The summed E-state index contributed by atoms with van der Waals surface area (Å²) in [6.07, 6.45) is 7.10. The molecule has 4 heteroatoms. The number of nitrogens with zero attached hydrogens (tertiary/aromatic N) is 3. The smallest absolute Gasteiger partial charge is 0.230 e. The standard InChI is InChI=1S/C20H19N3O/c1-13-10-16-11-15(17-12-22-9-3-2-4-19(22)21-17)7-8-18(16)23(13)20(24)14-5-6-14/h2-4,7-9,11-14H,5-6,10H2,1H3/t13-/m0/s1. The largest absolute Gasteiger partial charge is 0.309 e. The zero-order valence-corrected chi connectivity index (χ0v) is 13.6. The van der Waals surface area contributed by atoms with E-state index in [9.17, 15) is 4.79 Å². The van der Waals surface area contributed by atoms with Gasteiger partial charge < -0.3 is 9.30 Å². The average molecular weight is 317 g/mol. The summed E-state index contributed by atoms with van der Waals surface area (Å²) in [5, 5.41) is 0. The maximum Gasteiger partial charge on any atom is 0.230 e. The fourth-order valence-electron chi connectivity index (χ4n) is 3.73. The van der Waals surface area contributed by atoms with Gasteiger partial charge in [0, 0.05) is 35.6 Å². The minimum absolute atomic E-state index is 0.254. The van der Waals surface area contributed by atoms with Gasteiger partial charge in [0.15, 0.2) is 0 Å². The van der Waals surface area contributed by atoms with Crippen molar-refractivity contribution in [2.45, 2.75) is 32.2 Å². The fourth-order valence-corrected chi connectivity index (χ4v) is 3.73. The number of carbonyl (C=O) groups is 1. The van der Waals surface area contributed by atoms with Crippen molar-refractivity contribution in [3.05, 3.63) is 54.4 Å². The highest BCUT2D eigenvalue weighted by molar-refractivity contribution is 5.99. The van der Waals surface area contributed by atoms with Crippen molar-refractivity contribution in [2.24, 2.45) is 5.92 Å². The highest BCUT2D eigenvalue weighted by atomic mass is 16.2. The van der Waals surface area contributed by atoms with Gasteiger partial charge in [0.25, 0.3) is 0 Å². The topological polar surface area (TPSA) is 37.6 Å². The maximum atomic E-state index is 12.6. The number of hydrogen-bond donors (Lipinski definition) is 0. The molecule has 3 heterocycles. The van der Waals surface area contributed by atoms with Gasteiger partial charge in [-0.3, -0.25) is 4.79 Å². The molecular weight excluding hydrogens is 298 g/mol. The molecule has 1 aliphatic heterocycles. The number of benzene rings is 1. The van der Waals surface area contributed by atoms with E-state index in [0.29, 0.717) is 5.91 Å². The molecule has 4 nitrogen and oxygen atoms in total. The number of amides is 1. The van der Waals surface area contributed by atoms with E-state index in [1.54, 1.807) is 0 Å². The second-order valence-corrected chi connectivity index (χ2v) is 6.97. The minimum atomic E-state index is 0.254. The summed E-state index contributed by atoms with van der Waals surface area (Å²) >= 11 is 0. The first-order valence-electron chi connectivity index (χ1n) is 8.61. The molecular formula is C20H19N3O. The molecule has 0 unspecified atom stereocenters. The Balaban J connectivity index is 1.54. The van der Waals surface area contributed by atoms with E-state index in [2.05, 4.69) is 31.3 Å². The van der Waals surface area contributed by atoms with Crippen LogP contribution < -0.4 is 4.90 Å². The van der Waals surface area contributed by atoms with E-state index in [4.69, 9.17) is 4.98 Å². The van der Waals surface area contributed by atoms with E-state index in [1.165, 1.54) is 5.56 Å². The average Bonchev–Trinajstić information content (AvgIpc) is 3.26.